The number of carbonyl (C=O) groups excluding carboxylic acids is 1. The zero-order valence-electron chi connectivity index (χ0n) is 16.2. The van der Waals surface area contributed by atoms with Gasteiger partial charge in [-0.15, -0.1) is 0 Å². The zero-order valence-corrected chi connectivity index (χ0v) is 16.2. The largest absolute Gasteiger partial charge is 0.416 e. The maximum Gasteiger partial charge on any atom is 0.416 e. The summed E-state index contributed by atoms with van der Waals surface area (Å²) in [4.78, 5) is 21.5. The second-order valence-corrected chi connectivity index (χ2v) is 7.53. The molecule has 2 aromatic heterocycles. The maximum absolute atomic E-state index is 13.3. The molecule has 5 rings (SSSR count). The van der Waals surface area contributed by atoms with E-state index in [1.54, 1.807) is 0 Å². The molecule has 1 fully saturated rings. The highest BCUT2D eigenvalue weighted by Crippen LogP contribution is 2.35. The lowest BCUT2D eigenvalue weighted by Gasteiger charge is -2.19. The average Bonchev–Trinajstić information content (AvgIpc) is 3.47. The lowest BCUT2D eigenvalue weighted by Crippen LogP contribution is -2.26. The fourth-order valence-electron chi connectivity index (χ4n) is 4.02. The van der Waals surface area contributed by atoms with E-state index in [0.717, 1.165) is 22.5 Å². The normalized spacial score (nSPS) is 17.1. The lowest BCUT2D eigenvalue weighted by atomic mass is 10.1. The molecule has 4 aromatic rings. The number of H-pyrrole nitrogens is 1. The summed E-state index contributed by atoms with van der Waals surface area (Å²) >= 11 is 0. The lowest BCUT2D eigenvalue weighted by molar-refractivity contribution is -0.139. The molecule has 0 aliphatic carbocycles. The molecule has 1 amide bonds. The van der Waals surface area contributed by atoms with Gasteiger partial charge in [0.15, 0.2) is 5.82 Å². The monoisotopic (exact) mass is 426 g/mol. The van der Waals surface area contributed by atoms with Crippen LogP contribution < -0.4 is 0 Å². The van der Waals surface area contributed by atoms with E-state index in [2.05, 4.69) is 15.1 Å². The van der Waals surface area contributed by atoms with Crippen LogP contribution in [0.3, 0.4) is 0 Å². The molecular formula is C22H17F3N4O2. The fourth-order valence-corrected chi connectivity index (χ4v) is 4.02. The molecule has 1 aliphatic rings. The summed E-state index contributed by atoms with van der Waals surface area (Å²) in [5.74, 6) is 0.144. The van der Waals surface area contributed by atoms with Gasteiger partial charge in [-0.25, -0.2) is 0 Å². The Morgan fingerprint density at radius 2 is 1.97 bits per heavy atom. The molecule has 2 aromatic carbocycles. The molecule has 0 bridgehead atoms. The summed E-state index contributed by atoms with van der Waals surface area (Å²) in [6.07, 6.45) is -2.53. The first-order valence-corrected chi connectivity index (χ1v) is 9.73. The topological polar surface area (TPSA) is 75.0 Å². The molecule has 0 radical (unpaired) electrons. The molecule has 3 heterocycles. The number of benzene rings is 2. The summed E-state index contributed by atoms with van der Waals surface area (Å²) < 4.78 is 45.3. The van der Waals surface area contributed by atoms with E-state index in [1.807, 2.05) is 30.5 Å². The third kappa shape index (κ3) is 3.56. The number of hydrogen-bond acceptors (Lipinski definition) is 4. The number of hydrogen-bond donors (Lipinski definition) is 1. The maximum atomic E-state index is 13.3. The van der Waals surface area contributed by atoms with Gasteiger partial charge in [0, 0.05) is 48.1 Å². The second-order valence-electron chi connectivity index (χ2n) is 7.53. The van der Waals surface area contributed by atoms with E-state index in [9.17, 15) is 18.0 Å². The average molecular weight is 426 g/mol. The molecule has 0 saturated carbocycles. The van der Waals surface area contributed by atoms with Gasteiger partial charge in [-0.2, -0.15) is 18.2 Å². The molecule has 9 heteroatoms. The van der Waals surface area contributed by atoms with Crippen LogP contribution in [0.25, 0.3) is 22.4 Å². The number of fused-ring (bicyclic) bond motifs is 1. The third-order valence-electron chi connectivity index (χ3n) is 5.53. The van der Waals surface area contributed by atoms with Crippen LogP contribution >= 0.6 is 0 Å². The first-order chi connectivity index (χ1) is 14.9. The Labute approximate surface area is 174 Å². The molecule has 0 spiro atoms. The third-order valence-corrected chi connectivity index (χ3v) is 5.53. The van der Waals surface area contributed by atoms with Crippen molar-refractivity contribution in [1.82, 2.24) is 20.0 Å². The number of amides is 1. The number of aromatic nitrogens is 3. The van der Waals surface area contributed by atoms with Crippen LogP contribution in [0, 0.1) is 0 Å². The predicted octanol–water partition coefficient (Wildman–Crippen LogP) is 4.75. The molecule has 31 heavy (non-hydrogen) atoms. The van der Waals surface area contributed by atoms with Crippen molar-refractivity contribution < 1.29 is 22.5 Å². The van der Waals surface area contributed by atoms with Gasteiger partial charge in [0.2, 0.25) is 5.91 Å². The molecule has 1 saturated heterocycles. The van der Waals surface area contributed by atoms with Crippen molar-refractivity contribution in [3.8, 4) is 11.5 Å². The number of aromatic amines is 1. The van der Waals surface area contributed by atoms with E-state index in [-0.39, 0.29) is 36.9 Å². The van der Waals surface area contributed by atoms with Gasteiger partial charge in [-0.1, -0.05) is 29.4 Å². The standard InChI is InChI=1S/C22H17F3N4O2/c23-22(24,25)17-6-2-1-4-13(17)11-29-12-14(10-19(29)30)20-27-21(31-28-20)16-5-3-7-18-15(16)8-9-26-18/h1-9,14,26H,10-12H2. The van der Waals surface area contributed by atoms with Gasteiger partial charge < -0.3 is 14.4 Å². The first-order valence-electron chi connectivity index (χ1n) is 9.73. The van der Waals surface area contributed by atoms with Crippen LogP contribution in [-0.4, -0.2) is 32.5 Å². The first kappa shape index (κ1) is 19.3. The van der Waals surface area contributed by atoms with Crippen LogP contribution in [0.15, 0.2) is 59.3 Å². The number of rotatable bonds is 4. The molecule has 1 N–H and O–H groups in total. The minimum absolute atomic E-state index is 0.0666. The minimum atomic E-state index is -4.47. The Kier molecular flexibility index (Phi) is 4.53. The number of nitrogens with zero attached hydrogens (tertiary/aromatic N) is 3. The number of likely N-dealkylation sites (tertiary alicyclic amines) is 1. The van der Waals surface area contributed by atoms with E-state index in [0.29, 0.717) is 11.7 Å². The van der Waals surface area contributed by atoms with E-state index >= 15 is 0 Å². The number of alkyl halides is 3. The Balaban J connectivity index is 1.37. The second kappa shape index (κ2) is 7.26. The summed E-state index contributed by atoms with van der Waals surface area (Å²) in [5.41, 5.74) is 1.05. The van der Waals surface area contributed by atoms with Crippen molar-refractivity contribution in [1.29, 1.82) is 0 Å². The summed E-state index contributed by atoms with van der Waals surface area (Å²) in [7, 11) is 0. The van der Waals surface area contributed by atoms with Crippen molar-refractivity contribution in [3.05, 3.63) is 71.7 Å². The highest BCUT2D eigenvalue weighted by atomic mass is 19.4. The van der Waals surface area contributed by atoms with Gasteiger partial charge in [-0.05, 0) is 29.8 Å². The molecule has 1 aliphatic heterocycles. The van der Waals surface area contributed by atoms with Crippen LogP contribution in [0.4, 0.5) is 13.2 Å². The van der Waals surface area contributed by atoms with Gasteiger partial charge in [-0.3, -0.25) is 4.79 Å². The van der Waals surface area contributed by atoms with Crippen LogP contribution in [0.2, 0.25) is 0 Å². The molecule has 1 atom stereocenters. The van der Waals surface area contributed by atoms with Crippen molar-refractivity contribution in [3.63, 3.8) is 0 Å². The van der Waals surface area contributed by atoms with E-state index in [1.165, 1.54) is 23.1 Å². The van der Waals surface area contributed by atoms with Crippen molar-refractivity contribution in [2.24, 2.45) is 0 Å². The van der Waals surface area contributed by atoms with Crippen LogP contribution in [0.5, 0.6) is 0 Å². The molecule has 6 nitrogen and oxygen atoms in total. The van der Waals surface area contributed by atoms with E-state index in [4.69, 9.17) is 4.52 Å². The summed E-state index contributed by atoms with van der Waals surface area (Å²) in [5, 5.41) is 4.98. The number of carbonyl (C=O) groups is 1. The number of nitrogens with one attached hydrogen (secondary N) is 1. The molecular weight excluding hydrogens is 409 g/mol. The SMILES string of the molecule is O=C1CC(c2noc(-c3cccc4[nH]ccc34)n2)CN1Cc1ccccc1C(F)(F)F. The van der Waals surface area contributed by atoms with Crippen molar-refractivity contribution in [2.75, 3.05) is 6.54 Å². The Hall–Kier alpha value is -3.62. The Morgan fingerprint density at radius 3 is 2.81 bits per heavy atom. The Morgan fingerprint density at radius 1 is 1.13 bits per heavy atom. The quantitative estimate of drug-likeness (QED) is 0.511. The van der Waals surface area contributed by atoms with Gasteiger partial charge in [0.05, 0.1) is 5.56 Å². The van der Waals surface area contributed by atoms with Crippen LogP contribution in [0.1, 0.15) is 29.3 Å². The smallest absolute Gasteiger partial charge is 0.361 e. The van der Waals surface area contributed by atoms with Crippen molar-refractivity contribution in [2.45, 2.75) is 25.1 Å². The molecule has 158 valence electrons. The summed E-state index contributed by atoms with van der Waals surface area (Å²) in [6.45, 7) is 0.122. The van der Waals surface area contributed by atoms with Gasteiger partial charge >= 0.3 is 6.18 Å². The minimum Gasteiger partial charge on any atom is -0.361 e. The zero-order chi connectivity index (χ0) is 21.6. The predicted molar refractivity (Wildman–Crippen MR) is 106 cm³/mol. The van der Waals surface area contributed by atoms with Crippen LogP contribution in [-0.2, 0) is 17.5 Å². The fraction of sp³-hybridized carbons (Fsp3) is 0.227. The molecule has 1 unspecified atom stereocenters. The highest BCUT2D eigenvalue weighted by Gasteiger charge is 2.37. The van der Waals surface area contributed by atoms with E-state index < -0.39 is 11.7 Å². The number of halogens is 3. The van der Waals surface area contributed by atoms with Gasteiger partial charge in [0.1, 0.15) is 0 Å². The van der Waals surface area contributed by atoms with Crippen molar-refractivity contribution >= 4 is 16.8 Å². The summed E-state index contributed by atoms with van der Waals surface area (Å²) in [6, 6.07) is 12.9. The highest BCUT2D eigenvalue weighted by molar-refractivity contribution is 5.92. The Bertz CT molecular complexity index is 1260. The van der Waals surface area contributed by atoms with Gasteiger partial charge in [0.25, 0.3) is 5.89 Å².